The fourth-order valence-corrected chi connectivity index (χ4v) is 2.92. The highest BCUT2D eigenvalue weighted by molar-refractivity contribution is 5.94. The minimum absolute atomic E-state index is 0.0791. The highest BCUT2D eigenvalue weighted by Gasteiger charge is 2.40. The number of amides is 2. The van der Waals surface area contributed by atoms with Crippen LogP contribution < -0.4 is 5.73 Å². The van der Waals surface area contributed by atoms with Crippen molar-refractivity contribution in [1.82, 2.24) is 14.9 Å². The first kappa shape index (κ1) is 15.4. The summed E-state index contributed by atoms with van der Waals surface area (Å²) < 4.78 is 0. The molecule has 2 rings (SSSR count). The van der Waals surface area contributed by atoms with Gasteiger partial charge in [-0.2, -0.15) is 0 Å². The van der Waals surface area contributed by atoms with Gasteiger partial charge in [0.05, 0.1) is 11.0 Å². The topological polar surface area (TPSA) is 89.2 Å². The molecule has 0 radical (unpaired) electrons. The van der Waals surface area contributed by atoms with Gasteiger partial charge in [0.1, 0.15) is 5.82 Å². The van der Waals surface area contributed by atoms with E-state index in [0.717, 1.165) is 12.8 Å². The average molecular weight is 290 g/mol. The number of carbonyl (C=O) groups excluding carboxylic acids is 2. The number of rotatable bonds is 4. The van der Waals surface area contributed by atoms with Crippen molar-refractivity contribution in [3.8, 4) is 0 Å². The van der Waals surface area contributed by atoms with E-state index in [9.17, 15) is 9.59 Å². The minimum Gasteiger partial charge on any atom is -0.369 e. The lowest BCUT2D eigenvalue weighted by Crippen LogP contribution is -2.48. The molecule has 1 aromatic rings. The number of aryl methyl sites for hydroxylation is 1. The van der Waals surface area contributed by atoms with Crippen molar-refractivity contribution in [3.05, 3.63) is 23.8 Å². The highest BCUT2D eigenvalue weighted by atomic mass is 16.2. The van der Waals surface area contributed by atoms with Gasteiger partial charge in [-0.25, -0.2) is 9.97 Å². The number of likely N-dealkylation sites (tertiary alicyclic amines) is 1. The molecule has 0 saturated carbocycles. The largest absolute Gasteiger partial charge is 0.369 e. The minimum atomic E-state index is -0.449. The van der Waals surface area contributed by atoms with E-state index in [-0.39, 0.29) is 11.8 Å². The maximum Gasteiger partial charge on any atom is 0.256 e. The van der Waals surface area contributed by atoms with Crippen molar-refractivity contribution in [2.45, 2.75) is 39.5 Å². The molecule has 0 aliphatic carbocycles. The summed E-state index contributed by atoms with van der Waals surface area (Å²) in [6.45, 7) is 4.93. The van der Waals surface area contributed by atoms with Crippen molar-refractivity contribution >= 4 is 11.8 Å². The predicted octanol–water partition coefficient (Wildman–Crippen LogP) is 1.29. The number of carbonyl (C=O) groups is 2. The van der Waals surface area contributed by atoms with E-state index in [1.807, 2.05) is 6.92 Å². The van der Waals surface area contributed by atoms with Gasteiger partial charge < -0.3 is 10.6 Å². The number of hydrogen-bond acceptors (Lipinski definition) is 4. The molecule has 1 saturated heterocycles. The molecule has 114 valence electrons. The lowest BCUT2D eigenvalue weighted by Gasteiger charge is -2.39. The Morgan fingerprint density at radius 2 is 1.86 bits per heavy atom. The quantitative estimate of drug-likeness (QED) is 0.905. The Bertz CT molecular complexity index is 519. The molecule has 1 aromatic heterocycles. The maximum absolute atomic E-state index is 12.4. The predicted molar refractivity (Wildman–Crippen MR) is 78.4 cm³/mol. The van der Waals surface area contributed by atoms with Crippen LogP contribution in [0, 0.1) is 12.3 Å². The third-order valence-electron chi connectivity index (χ3n) is 4.29. The van der Waals surface area contributed by atoms with Gasteiger partial charge in [0.2, 0.25) is 5.91 Å². The molecule has 0 bridgehead atoms. The molecular weight excluding hydrogens is 268 g/mol. The summed E-state index contributed by atoms with van der Waals surface area (Å²) in [7, 11) is 0. The van der Waals surface area contributed by atoms with E-state index >= 15 is 0 Å². The van der Waals surface area contributed by atoms with Gasteiger partial charge in [0.25, 0.3) is 5.91 Å². The summed E-state index contributed by atoms with van der Waals surface area (Å²) in [6, 6.07) is 0. The van der Waals surface area contributed by atoms with Crippen molar-refractivity contribution in [3.63, 3.8) is 0 Å². The lowest BCUT2D eigenvalue weighted by molar-refractivity contribution is -0.130. The summed E-state index contributed by atoms with van der Waals surface area (Å²) in [5, 5.41) is 0. The van der Waals surface area contributed by atoms with E-state index in [2.05, 4.69) is 9.97 Å². The van der Waals surface area contributed by atoms with Crippen LogP contribution >= 0.6 is 0 Å². The summed E-state index contributed by atoms with van der Waals surface area (Å²) in [4.78, 5) is 34.0. The number of piperidine rings is 1. The second kappa shape index (κ2) is 6.20. The second-order valence-electron chi connectivity index (χ2n) is 5.71. The van der Waals surface area contributed by atoms with E-state index in [1.54, 1.807) is 24.2 Å². The van der Waals surface area contributed by atoms with Gasteiger partial charge in [-0.15, -0.1) is 0 Å². The SMILES string of the molecule is CCCC1(C(N)=O)CCN(C(=O)c2cnc(C)nc2)CC1. The van der Waals surface area contributed by atoms with Gasteiger partial charge >= 0.3 is 0 Å². The van der Waals surface area contributed by atoms with Gasteiger partial charge in [0, 0.05) is 25.5 Å². The Balaban J connectivity index is 2.04. The molecule has 1 aliphatic rings. The number of aromatic nitrogens is 2. The van der Waals surface area contributed by atoms with Crippen LogP contribution in [0.3, 0.4) is 0 Å². The van der Waals surface area contributed by atoms with Crippen LogP contribution in [0.25, 0.3) is 0 Å². The van der Waals surface area contributed by atoms with Gasteiger partial charge in [-0.3, -0.25) is 9.59 Å². The van der Waals surface area contributed by atoms with Crippen molar-refractivity contribution in [1.29, 1.82) is 0 Å². The molecule has 21 heavy (non-hydrogen) atoms. The van der Waals surface area contributed by atoms with Crippen LogP contribution in [0.4, 0.5) is 0 Å². The highest BCUT2D eigenvalue weighted by Crippen LogP contribution is 2.36. The number of hydrogen-bond donors (Lipinski definition) is 1. The second-order valence-corrected chi connectivity index (χ2v) is 5.71. The van der Waals surface area contributed by atoms with Crippen LogP contribution in [0.2, 0.25) is 0 Å². The fourth-order valence-electron chi connectivity index (χ4n) is 2.92. The summed E-state index contributed by atoms with van der Waals surface area (Å²) in [5.74, 6) is 0.320. The monoisotopic (exact) mass is 290 g/mol. The Morgan fingerprint density at radius 3 is 2.33 bits per heavy atom. The number of primary amides is 1. The summed E-state index contributed by atoms with van der Waals surface area (Å²) in [5.41, 5.74) is 5.61. The van der Waals surface area contributed by atoms with Crippen molar-refractivity contribution < 1.29 is 9.59 Å². The van der Waals surface area contributed by atoms with Crippen molar-refractivity contribution in [2.24, 2.45) is 11.1 Å². The summed E-state index contributed by atoms with van der Waals surface area (Å²) >= 11 is 0. The molecule has 6 nitrogen and oxygen atoms in total. The third kappa shape index (κ3) is 3.20. The Kier molecular flexibility index (Phi) is 4.55. The first-order valence-corrected chi connectivity index (χ1v) is 7.36. The van der Waals surface area contributed by atoms with Crippen molar-refractivity contribution in [2.75, 3.05) is 13.1 Å². The molecule has 0 atom stereocenters. The lowest BCUT2D eigenvalue weighted by atomic mass is 9.74. The average Bonchev–Trinajstić information content (AvgIpc) is 2.48. The molecular formula is C15H22N4O2. The van der Waals surface area contributed by atoms with Crippen LogP contribution in [0.5, 0.6) is 0 Å². The van der Waals surface area contributed by atoms with E-state index in [4.69, 9.17) is 5.73 Å². The first-order chi connectivity index (χ1) is 9.98. The first-order valence-electron chi connectivity index (χ1n) is 7.36. The normalized spacial score (nSPS) is 17.5. The van der Waals surface area contributed by atoms with Gasteiger partial charge in [-0.1, -0.05) is 13.3 Å². The standard InChI is InChI=1S/C15H22N4O2/c1-3-4-15(14(16)21)5-7-19(8-6-15)13(20)12-9-17-11(2)18-10-12/h9-10H,3-8H2,1-2H3,(H2,16,21). The van der Waals surface area contributed by atoms with E-state index in [0.29, 0.717) is 37.3 Å². The zero-order valence-corrected chi connectivity index (χ0v) is 12.6. The molecule has 1 fully saturated rings. The molecule has 2 N–H and O–H groups in total. The molecule has 6 heteroatoms. The van der Waals surface area contributed by atoms with Gasteiger partial charge in [-0.05, 0) is 26.2 Å². The molecule has 0 unspecified atom stereocenters. The smallest absolute Gasteiger partial charge is 0.256 e. The Labute approximate surface area is 124 Å². The fraction of sp³-hybridized carbons (Fsp3) is 0.600. The third-order valence-corrected chi connectivity index (χ3v) is 4.29. The molecule has 2 heterocycles. The molecule has 2 amide bonds. The zero-order chi connectivity index (χ0) is 15.5. The zero-order valence-electron chi connectivity index (χ0n) is 12.6. The molecule has 1 aliphatic heterocycles. The van der Waals surface area contributed by atoms with Crippen LogP contribution in [-0.2, 0) is 4.79 Å². The molecule has 0 spiro atoms. The summed E-state index contributed by atoms with van der Waals surface area (Å²) in [6.07, 6.45) is 6.07. The Hall–Kier alpha value is -1.98. The number of nitrogens with two attached hydrogens (primary N) is 1. The van der Waals surface area contributed by atoms with Crippen LogP contribution in [0.1, 0.15) is 48.8 Å². The van der Waals surface area contributed by atoms with E-state index < -0.39 is 5.41 Å². The van der Waals surface area contributed by atoms with Gasteiger partial charge in [0.15, 0.2) is 0 Å². The Morgan fingerprint density at radius 1 is 1.29 bits per heavy atom. The number of nitrogens with zero attached hydrogens (tertiary/aromatic N) is 3. The maximum atomic E-state index is 12.4. The van der Waals surface area contributed by atoms with Crippen LogP contribution in [0.15, 0.2) is 12.4 Å². The molecule has 0 aromatic carbocycles. The van der Waals surface area contributed by atoms with E-state index in [1.165, 1.54) is 0 Å². The van der Waals surface area contributed by atoms with Crippen LogP contribution in [-0.4, -0.2) is 39.8 Å².